The zero-order valence-corrected chi connectivity index (χ0v) is 21.6. The van der Waals surface area contributed by atoms with Gasteiger partial charge >= 0.3 is 0 Å². The van der Waals surface area contributed by atoms with Crippen LogP contribution in [0.4, 0.5) is 5.69 Å². The highest BCUT2D eigenvalue weighted by Gasteiger charge is 2.39. The van der Waals surface area contributed by atoms with E-state index in [0.717, 1.165) is 42.6 Å². The molecule has 4 heteroatoms. The van der Waals surface area contributed by atoms with E-state index in [4.69, 9.17) is 11.3 Å². The maximum atomic E-state index is 9.51. The molecule has 2 aromatic carbocycles. The van der Waals surface area contributed by atoms with Crippen molar-refractivity contribution in [3.63, 3.8) is 0 Å². The van der Waals surface area contributed by atoms with E-state index in [0.29, 0.717) is 12.2 Å². The van der Waals surface area contributed by atoms with Gasteiger partial charge in [-0.05, 0) is 75.8 Å². The molecule has 3 aliphatic rings. The van der Waals surface area contributed by atoms with Crippen molar-refractivity contribution in [2.45, 2.75) is 63.9 Å². The van der Waals surface area contributed by atoms with E-state index in [2.05, 4.69) is 61.7 Å². The number of nitrogens with zero attached hydrogens (tertiary/aromatic N) is 3. The number of ether oxygens (including phenoxy) is 1. The Morgan fingerprint density at radius 1 is 1.06 bits per heavy atom. The van der Waals surface area contributed by atoms with Crippen molar-refractivity contribution in [1.82, 2.24) is 0 Å². The number of anilines is 1. The number of benzene rings is 2. The highest BCUT2D eigenvalue weighted by atomic mass is 16.5. The lowest BCUT2D eigenvalue weighted by molar-refractivity contribution is 0.118. The number of rotatable bonds is 3. The van der Waals surface area contributed by atoms with Crippen molar-refractivity contribution in [2.75, 3.05) is 18.0 Å². The van der Waals surface area contributed by atoms with E-state index >= 15 is 0 Å². The number of hydrogen-bond acceptors (Lipinski definition) is 3. The third-order valence-electron chi connectivity index (χ3n) is 8.05. The third kappa shape index (κ3) is 4.33. The highest BCUT2D eigenvalue weighted by molar-refractivity contribution is 5.72. The van der Waals surface area contributed by atoms with Crippen molar-refractivity contribution in [3.05, 3.63) is 105 Å². The van der Waals surface area contributed by atoms with Crippen molar-refractivity contribution < 1.29 is 4.74 Å². The topological polar surface area (TPSA) is 40.6 Å². The molecule has 0 saturated heterocycles. The van der Waals surface area contributed by atoms with Gasteiger partial charge in [0.15, 0.2) is 0 Å². The van der Waals surface area contributed by atoms with Crippen LogP contribution in [0.2, 0.25) is 0 Å². The summed E-state index contributed by atoms with van der Waals surface area (Å²) in [5.41, 5.74) is 7.62. The minimum absolute atomic E-state index is 0.129. The molecule has 0 radical (unpaired) electrons. The lowest BCUT2D eigenvalue weighted by Crippen LogP contribution is -2.44. The third-order valence-corrected chi connectivity index (χ3v) is 8.05. The van der Waals surface area contributed by atoms with Crippen LogP contribution in [-0.2, 0) is 15.6 Å². The van der Waals surface area contributed by atoms with Gasteiger partial charge in [0.25, 0.3) is 5.70 Å². The molecular weight excluding hydrogens is 442 g/mol. The van der Waals surface area contributed by atoms with Gasteiger partial charge in [-0.25, -0.2) is 10.1 Å². The minimum Gasteiger partial charge on any atom is -0.485 e. The Bertz CT molecular complexity index is 1310. The van der Waals surface area contributed by atoms with Gasteiger partial charge in [0.05, 0.1) is 12.6 Å². The Balaban J connectivity index is 1.56. The lowest BCUT2D eigenvalue weighted by Gasteiger charge is -2.48. The number of hydrogen-bond donors (Lipinski definition) is 0. The van der Waals surface area contributed by atoms with Crippen LogP contribution in [0.3, 0.4) is 0 Å². The summed E-state index contributed by atoms with van der Waals surface area (Å²) in [6.45, 7) is 19.1. The summed E-state index contributed by atoms with van der Waals surface area (Å²) in [5.74, 6) is 0.674. The zero-order chi connectivity index (χ0) is 25.5. The van der Waals surface area contributed by atoms with Gasteiger partial charge < -0.3 is 9.64 Å². The van der Waals surface area contributed by atoms with Gasteiger partial charge in [0, 0.05) is 25.2 Å². The second-order valence-electron chi connectivity index (χ2n) is 11.4. The van der Waals surface area contributed by atoms with Gasteiger partial charge in [-0.15, -0.1) is 0 Å². The summed E-state index contributed by atoms with van der Waals surface area (Å²) in [7, 11) is 0. The molecule has 1 unspecified atom stereocenters. The molecule has 0 fully saturated rings. The van der Waals surface area contributed by atoms with E-state index < -0.39 is 0 Å². The van der Waals surface area contributed by atoms with Crippen LogP contribution in [0.25, 0.3) is 10.9 Å². The van der Waals surface area contributed by atoms with Gasteiger partial charge in [-0.2, -0.15) is 0 Å². The van der Waals surface area contributed by atoms with Gasteiger partial charge in [0.2, 0.25) is 0 Å². The molecule has 0 bridgehead atoms. The standard InChI is InChI=1S/C32H33N3O/c1-31(2)13-15-35-16-14-32(3,4)27-18-22(17-26(31)30(27)35)11-12-25-19-24(28(21-33)34-5)20-29(36-25)23-9-7-6-8-10-23/h6-12,17-19,29H,13-16,20H2,1-4H3. The molecule has 36 heavy (non-hydrogen) atoms. The number of allylic oxidation sites excluding steroid dienone is 3. The fourth-order valence-corrected chi connectivity index (χ4v) is 5.68. The van der Waals surface area contributed by atoms with Crippen LogP contribution < -0.4 is 4.90 Å². The van der Waals surface area contributed by atoms with Crippen LogP contribution in [-0.4, -0.2) is 13.1 Å². The molecular formula is C32H33N3O. The maximum Gasteiger partial charge on any atom is 0.265 e. The molecule has 4 nitrogen and oxygen atoms in total. The summed E-state index contributed by atoms with van der Waals surface area (Å²) >= 11 is 0. The first-order valence-electron chi connectivity index (χ1n) is 12.8. The minimum atomic E-state index is -0.230. The fourth-order valence-electron chi connectivity index (χ4n) is 5.68. The second kappa shape index (κ2) is 9.03. The van der Waals surface area contributed by atoms with Crippen LogP contribution in [0.1, 0.15) is 75.3 Å². The number of nitriles is 1. The van der Waals surface area contributed by atoms with E-state index in [-0.39, 0.29) is 22.6 Å². The van der Waals surface area contributed by atoms with Crippen LogP contribution >= 0.6 is 0 Å². The van der Waals surface area contributed by atoms with Crippen molar-refractivity contribution >= 4 is 11.8 Å². The van der Waals surface area contributed by atoms with E-state index in [1.54, 1.807) is 0 Å². The average Bonchev–Trinajstić information content (AvgIpc) is 2.87. The first-order valence-corrected chi connectivity index (χ1v) is 12.8. The quantitative estimate of drug-likeness (QED) is 0.339. The molecule has 5 rings (SSSR count). The Hall–Kier alpha value is -3.76. The molecule has 0 amide bonds. The summed E-state index contributed by atoms with van der Waals surface area (Å²) in [5, 5.41) is 9.51. The summed E-state index contributed by atoms with van der Waals surface area (Å²) in [4.78, 5) is 6.05. The average molecular weight is 476 g/mol. The predicted molar refractivity (Wildman–Crippen MR) is 145 cm³/mol. The second-order valence-corrected chi connectivity index (χ2v) is 11.4. The Morgan fingerprint density at radius 2 is 1.69 bits per heavy atom. The predicted octanol–water partition coefficient (Wildman–Crippen LogP) is 7.61. The Kier molecular flexibility index (Phi) is 6.01. The molecule has 3 heterocycles. The fraction of sp³-hybridized carbons (Fsp3) is 0.375. The molecule has 0 spiro atoms. The summed E-state index contributed by atoms with van der Waals surface area (Å²) < 4.78 is 6.36. The highest BCUT2D eigenvalue weighted by Crippen LogP contribution is 2.49. The first-order chi connectivity index (χ1) is 17.2. The van der Waals surface area contributed by atoms with Crippen molar-refractivity contribution in [3.8, 4) is 6.07 Å². The summed E-state index contributed by atoms with van der Waals surface area (Å²) in [6.07, 6.45) is 8.55. The molecule has 0 N–H and O–H groups in total. The van der Waals surface area contributed by atoms with Gasteiger partial charge in [0.1, 0.15) is 11.9 Å². The Morgan fingerprint density at radius 3 is 2.28 bits per heavy atom. The van der Waals surface area contributed by atoms with E-state index in [1.165, 1.54) is 16.8 Å². The smallest absolute Gasteiger partial charge is 0.265 e. The van der Waals surface area contributed by atoms with Crippen LogP contribution in [0.5, 0.6) is 0 Å². The molecule has 0 aliphatic carbocycles. The summed E-state index contributed by atoms with van der Waals surface area (Å²) in [6, 6.07) is 16.8. The molecule has 2 aromatic rings. The van der Waals surface area contributed by atoms with E-state index in [1.807, 2.05) is 42.5 Å². The first kappa shape index (κ1) is 24.0. The molecule has 182 valence electrons. The van der Waals surface area contributed by atoms with Gasteiger partial charge in [-0.3, -0.25) is 0 Å². The maximum absolute atomic E-state index is 9.51. The lowest BCUT2D eigenvalue weighted by atomic mass is 9.69. The zero-order valence-electron chi connectivity index (χ0n) is 21.6. The molecule has 1 atom stereocenters. The normalized spacial score (nSPS) is 23.1. The Labute approximate surface area is 215 Å². The van der Waals surface area contributed by atoms with Crippen LogP contribution in [0, 0.1) is 17.9 Å². The van der Waals surface area contributed by atoms with Gasteiger partial charge in [-0.1, -0.05) is 64.1 Å². The largest absolute Gasteiger partial charge is 0.485 e. The molecule has 0 aromatic heterocycles. The SMILES string of the molecule is [C-]#[N+]C(C#N)=C1C=C(C=Cc2cc3c4c(c2)C(C)(C)CCN4CCC3(C)C)OC(c2ccccc2)C1. The van der Waals surface area contributed by atoms with Crippen molar-refractivity contribution in [1.29, 1.82) is 5.26 Å². The van der Waals surface area contributed by atoms with Crippen LogP contribution in [0.15, 0.2) is 71.6 Å². The van der Waals surface area contributed by atoms with E-state index in [9.17, 15) is 5.26 Å². The molecule has 0 saturated carbocycles. The monoisotopic (exact) mass is 475 g/mol. The van der Waals surface area contributed by atoms with Crippen molar-refractivity contribution in [2.24, 2.45) is 0 Å². The molecule has 3 aliphatic heterocycles.